The van der Waals surface area contributed by atoms with Gasteiger partial charge in [0.25, 0.3) is 0 Å². The van der Waals surface area contributed by atoms with Crippen LogP contribution in [0.4, 0.5) is 10.5 Å². The summed E-state index contributed by atoms with van der Waals surface area (Å²) >= 11 is 0. The first kappa shape index (κ1) is 18.0. The van der Waals surface area contributed by atoms with Crippen molar-refractivity contribution in [2.75, 3.05) is 19.0 Å². The number of hydrogen-bond acceptors (Lipinski definition) is 6. The van der Waals surface area contributed by atoms with Crippen LogP contribution in [0.25, 0.3) is 0 Å². The molecule has 0 aromatic heterocycles. The highest BCUT2D eigenvalue weighted by atomic mass is 16.6. The third kappa shape index (κ3) is 4.81. The number of methoxy groups -OCH3 is 1. The van der Waals surface area contributed by atoms with Crippen LogP contribution in [0.5, 0.6) is 5.75 Å². The number of benzene rings is 2. The molecule has 7 nitrogen and oxygen atoms in total. The lowest BCUT2D eigenvalue weighted by molar-refractivity contribution is 0.0525. The minimum Gasteiger partial charge on any atom is -0.465 e. The Morgan fingerprint density at radius 1 is 0.960 bits per heavy atom. The second-order valence-corrected chi connectivity index (χ2v) is 4.80. The van der Waals surface area contributed by atoms with Crippen molar-refractivity contribution in [2.24, 2.45) is 0 Å². The fourth-order valence-corrected chi connectivity index (χ4v) is 1.98. The van der Waals surface area contributed by atoms with E-state index in [1.165, 1.54) is 31.4 Å². The Kier molecular flexibility index (Phi) is 6.11. The van der Waals surface area contributed by atoms with Gasteiger partial charge in [0.1, 0.15) is 11.3 Å². The van der Waals surface area contributed by atoms with Crippen LogP contribution in [-0.2, 0) is 9.47 Å². The molecule has 0 bridgehead atoms. The fourth-order valence-electron chi connectivity index (χ4n) is 1.98. The summed E-state index contributed by atoms with van der Waals surface area (Å²) in [4.78, 5) is 35.2. The maximum absolute atomic E-state index is 12.0. The molecule has 0 aliphatic carbocycles. The van der Waals surface area contributed by atoms with E-state index in [-0.39, 0.29) is 17.9 Å². The average molecular weight is 343 g/mol. The van der Waals surface area contributed by atoms with Crippen LogP contribution in [0, 0.1) is 0 Å². The number of amides is 1. The zero-order valence-electron chi connectivity index (χ0n) is 13.8. The Morgan fingerprint density at radius 2 is 1.64 bits per heavy atom. The summed E-state index contributed by atoms with van der Waals surface area (Å²) < 4.78 is 14.7. The summed E-state index contributed by atoms with van der Waals surface area (Å²) in [5, 5.41) is 2.51. The molecule has 1 N–H and O–H groups in total. The summed E-state index contributed by atoms with van der Waals surface area (Å²) in [5.41, 5.74) is 0.934. The molecular formula is C18H17NO6. The first-order chi connectivity index (χ1) is 12.0. The molecule has 2 aromatic carbocycles. The van der Waals surface area contributed by atoms with Crippen LogP contribution < -0.4 is 10.1 Å². The molecule has 25 heavy (non-hydrogen) atoms. The van der Waals surface area contributed by atoms with Crippen LogP contribution in [-0.4, -0.2) is 31.7 Å². The number of nitrogens with one attached hydrogen (secondary N) is 1. The topological polar surface area (TPSA) is 90.9 Å². The monoisotopic (exact) mass is 343 g/mol. The highest BCUT2D eigenvalue weighted by molar-refractivity contribution is 5.95. The number of esters is 2. The number of para-hydroxylation sites is 1. The first-order valence-electron chi connectivity index (χ1n) is 7.48. The molecule has 0 spiro atoms. The van der Waals surface area contributed by atoms with Crippen molar-refractivity contribution < 1.29 is 28.6 Å². The number of hydrogen-bond donors (Lipinski definition) is 1. The van der Waals surface area contributed by atoms with E-state index in [2.05, 4.69) is 10.1 Å². The van der Waals surface area contributed by atoms with E-state index in [0.717, 1.165) is 0 Å². The molecule has 130 valence electrons. The third-order valence-electron chi connectivity index (χ3n) is 3.14. The van der Waals surface area contributed by atoms with Crippen LogP contribution in [0.2, 0.25) is 0 Å². The largest absolute Gasteiger partial charge is 0.465 e. The standard InChI is InChI=1S/C18H17NO6/c1-3-24-16(20)12-8-10-13(11-9-12)19-18(22)25-15-7-5-4-6-14(15)17(21)23-2/h4-11H,3H2,1-2H3,(H,19,22). The molecule has 0 fully saturated rings. The van der Waals surface area contributed by atoms with Crippen molar-refractivity contribution in [1.29, 1.82) is 0 Å². The minimum absolute atomic E-state index is 0.0787. The fraction of sp³-hybridized carbons (Fsp3) is 0.167. The molecular weight excluding hydrogens is 326 g/mol. The second-order valence-electron chi connectivity index (χ2n) is 4.80. The quantitative estimate of drug-likeness (QED) is 0.838. The van der Waals surface area contributed by atoms with E-state index in [9.17, 15) is 14.4 Å². The smallest absolute Gasteiger partial charge is 0.417 e. The minimum atomic E-state index is -0.778. The van der Waals surface area contributed by atoms with Gasteiger partial charge in [-0.15, -0.1) is 0 Å². The van der Waals surface area contributed by atoms with Crippen molar-refractivity contribution in [3.8, 4) is 5.75 Å². The highest BCUT2D eigenvalue weighted by Crippen LogP contribution is 2.20. The van der Waals surface area contributed by atoms with Gasteiger partial charge in [0.15, 0.2) is 0 Å². The second kappa shape index (κ2) is 8.49. The van der Waals surface area contributed by atoms with Gasteiger partial charge >= 0.3 is 18.0 Å². The van der Waals surface area contributed by atoms with E-state index in [1.54, 1.807) is 31.2 Å². The third-order valence-corrected chi connectivity index (χ3v) is 3.14. The lowest BCUT2D eigenvalue weighted by Gasteiger charge is -2.10. The van der Waals surface area contributed by atoms with Gasteiger partial charge < -0.3 is 14.2 Å². The summed E-state index contributed by atoms with van der Waals surface area (Å²) in [6.45, 7) is 2.00. The van der Waals surface area contributed by atoms with Crippen molar-refractivity contribution >= 4 is 23.7 Å². The van der Waals surface area contributed by atoms with E-state index in [0.29, 0.717) is 11.3 Å². The van der Waals surface area contributed by atoms with Gasteiger partial charge in [0, 0.05) is 5.69 Å². The van der Waals surface area contributed by atoms with Crippen molar-refractivity contribution in [2.45, 2.75) is 6.92 Å². The Morgan fingerprint density at radius 3 is 2.28 bits per heavy atom. The first-order valence-corrected chi connectivity index (χ1v) is 7.48. The van der Waals surface area contributed by atoms with E-state index < -0.39 is 18.0 Å². The van der Waals surface area contributed by atoms with Crippen LogP contribution in [0.15, 0.2) is 48.5 Å². The summed E-state index contributed by atoms with van der Waals surface area (Å²) in [6, 6.07) is 12.4. The van der Waals surface area contributed by atoms with Gasteiger partial charge in [-0.05, 0) is 43.3 Å². The Labute approximate surface area is 144 Å². The van der Waals surface area contributed by atoms with Gasteiger partial charge in [0.2, 0.25) is 0 Å². The Hall–Kier alpha value is -3.35. The van der Waals surface area contributed by atoms with Crippen LogP contribution in [0.1, 0.15) is 27.6 Å². The molecule has 0 radical (unpaired) electrons. The average Bonchev–Trinajstić information content (AvgIpc) is 2.62. The number of rotatable bonds is 5. The molecule has 2 aromatic rings. The normalized spacial score (nSPS) is 9.84. The molecule has 0 saturated heterocycles. The van der Waals surface area contributed by atoms with Gasteiger partial charge in [-0.3, -0.25) is 5.32 Å². The lowest BCUT2D eigenvalue weighted by atomic mass is 10.2. The molecule has 0 aliphatic rings. The van der Waals surface area contributed by atoms with E-state index >= 15 is 0 Å². The van der Waals surface area contributed by atoms with E-state index in [4.69, 9.17) is 9.47 Å². The maximum Gasteiger partial charge on any atom is 0.417 e. The van der Waals surface area contributed by atoms with Gasteiger partial charge in [0.05, 0.1) is 19.3 Å². The van der Waals surface area contributed by atoms with Gasteiger partial charge in [-0.25, -0.2) is 14.4 Å². The summed E-state index contributed by atoms with van der Waals surface area (Å²) in [7, 11) is 1.24. The molecule has 0 heterocycles. The predicted octanol–water partition coefficient (Wildman–Crippen LogP) is 3.26. The summed E-state index contributed by atoms with van der Waals surface area (Å²) in [5.74, 6) is -0.971. The highest BCUT2D eigenvalue weighted by Gasteiger charge is 2.15. The van der Waals surface area contributed by atoms with Gasteiger partial charge in [-0.2, -0.15) is 0 Å². The van der Waals surface area contributed by atoms with Crippen molar-refractivity contribution in [1.82, 2.24) is 0 Å². The molecule has 0 atom stereocenters. The van der Waals surface area contributed by atoms with Crippen molar-refractivity contribution in [3.05, 3.63) is 59.7 Å². The van der Waals surface area contributed by atoms with Crippen LogP contribution >= 0.6 is 0 Å². The number of carbonyl (C=O) groups is 3. The van der Waals surface area contributed by atoms with Crippen LogP contribution in [0.3, 0.4) is 0 Å². The molecule has 0 aliphatic heterocycles. The molecule has 0 unspecified atom stereocenters. The molecule has 7 heteroatoms. The zero-order chi connectivity index (χ0) is 18.2. The number of ether oxygens (including phenoxy) is 3. The zero-order valence-corrected chi connectivity index (χ0v) is 13.8. The summed E-state index contributed by atoms with van der Waals surface area (Å²) in [6.07, 6.45) is -0.778. The lowest BCUT2D eigenvalue weighted by Crippen LogP contribution is -2.18. The molecule has 1 amide bonds. The van der Waals surface area contributed by atoms with E-state index in [1.807, 2.05) is 0 Å². The Bertz CT molecular complexity index is 769. The number of carbonyl (C=O) groups excluding carboxylic acids is 3. The molecule has 0 saturated carbocycles. The SMILES string of the molecule is CCOC(=O)c1ccc(NC(=O)Oc2ccccc2C(=O)OC)cc1. The number of anilines is 1. The predicted molar refractivity (Wildman–Crippen MR) is 89.8 cm³/mol. The Balaban J connectivity index is 2.04. The maximum atomic E-state index is 12.0. The molecule has 2 rings (SSSR count). The van der Waals surface area contributed by atoms with Gasteiger partial charge in [-0.1, -0.05) is 12.1 Å². The van der Waals surface area contributed by atoms with Crippen molar-refractivity contribution in [3.63, 3.8) is 0 Å².